The Morgan fingerprint density at radius 3 is 1.91 bits per heavy atom. The summed E-state index contributed by atoms with van der Waals surface area (Å²) in [6.07, 6.45) is 0. The summed E-state index contributed by atoms with van der Waals surface area (Å²) in [5.74, 6) is -1.59. The molecule has 0 saturated carbocycles. The molecule has 0 spiro atoms. The molecule has 18 nitrogen and oxygen atoms in total. The number of carbonyl (C=O) groups is 2. The summed E-state index contributed by atoms with van der Waals surface area (Å²) >= 11 is 6.06. The van der Waals surface area contributed by atoms with Gasteiger partial charge in [0, 0.05) is 16.8 Å². The number of H-pyrrole nitrogens is 2. The molecule has 262 valence electrons. The number of ketones is 2. The Hall–Kier alpha value is -2.55. The molecular formula is C29H17ClN7Na3O11S3. The first-order valence-electron chi connectivity index (χ1n) is 13.8. The van der Waals surface area contributed by atoms with Gasteiger partial charge < -0.3 is 29.7 Å². The number of hydrogen-bond acceptors (Lipinski definition) is 16. The van der Waals surface area contributed by atoms with Crippen LogP contribution in [0.5, 0.6) is 0 Å². The average molecular weight is 840 g/mol. The number of nitrogens with two attached hydrogens (primary N) is 1. The first kappa shape index (κ1) is 45.8. The van der Waals surface area contributed by atoms with E-state index in [4.69, 9.17) is 17.3 Å². The molecule has 0 aliphatic heterocycles. The summed E-state index contributed by atoms with van der Waals surface area (Å²) in [6.45, 7) is 0. The fourth-order valence-corrected chi connectivity index (χ4v) is 7.00. The van der Waals surface area contributed by atoms with Crippen LogP contribution in [-0.4, -0.2) is 65.4 Å². The van der Waals surface area contributed by atoms with E-state index in [0.717, 1.165) is 36.4 Å². The third kappa shape index (κ3) is 9.69. The molecule has 5 N–H and O–H groups in total. The normalized spacial score (nSPS) is 13.2. The van der Waals surface area contributed by atoms with Crippen molar-refractivity contribution in [1.82, 2.24) is 15.0 Å². The van der Waals surface area contributed by atoms with Crippen LogP contribution < -0.4 is 111 Å². The summed E-state index contributed by atoms with van der Waals surface area (Å²) in [5, 5.41) is 2.32. The fourth-order valence-electron chi connectivity index (χ4n) is 5.09. The van der Waals surface area contributed by atoms with Gasteiger partial charge in [0.15, 0.2) is 11.6 Å². The molecule has 0 fully saturated rings. The number of nitrogens with zero attached hydrogens (tertiary/aromatic N) is 3. The van der Waals surface area contributed by atoms with Crippen LogP contribution in [0.15, 0.2) is 97.5 Å². The molecule has 0 radical (unpaired) electrons. The van der Waals surface area contributed by atoms with E-state index < -0.39 is 73.5 Å². The summed E-state index contributed by atoms with van der Waals surface area (Å²) in [7, 11) is -15.4. The molecule has 1 aliphatic carbocycles. The number of aromatic amines is 2. The second kappa shape index (κ2) is 17.3. The molecule has 1 aromatic heterocycles. The maximum Gasteiger partial charge on any atom is 1.00 e. The van der Waals surface area contributed by atoms with E-state index in [-0.39, 0.29) is 139 Å². The Labute approximate surface area is 376 Å². The maximum atomic E-state index is 13.6. The SMILES string of the molecule is Nc1c(S(=O)(=O)[O-])cc(Nc2ccc(S(=O)(=O)[O-])c(N=c3[nH]c(Cl)nc(=Nc4cccc(S(=O)(=O)[O-])c4)[nH]3)c2)c2c1C(=O)c1ccccc1C2=O.[Na+].[Na+].[Na+]. The van der Waals surface area contributed by atoms with E-state index in [1.807, 2.05) is 0 Å². The molecule has 0 unspecified atom stereocenters. The van der Waals surface area contributed by atoms with E-state index >= 15 is 0 Å². The first-order valence-corrected chi connectivity index (χ1v) is 18.4. The first-order chi connectivity index (χ1) is 23.8. The van der Waals surface area contributed by atoms with E-state index in [1.165, 1.54) is 36.4 Å². The number of rotatable bonds is 7. The Balaban J connectivity index is 0.00000261. The molecule has 54 heavy (non-hydrogen) atoms. The minimum atomic E-state index is -5.31. The van der Waals surface area contributed by atoms with Gasteiger partial charge in [-0.05, 0) is 54.1 Å². The number of halogens is 1. The predicted molar refractivity (Wildman–Crippen MR) is 173 cm³/mol. The van der Waals surface area contributed by atoms with Gasteiger partial charge in [-0.3, -0.25) is 14.6 Å². The van der Waals surface area contributed by atoms with Gasteiger partial charge in [0.1, 0.15) is 30.4 Å². The molecule has 0 amide bonds. The number of aromatic nitrogens is 3. The molecule has 4 aromatic carbocycles. The predicted octanol–water partition coefficient (Wildman–Crippen LogP) is -7.32. The van der Waals surface area contributed by atoms with Gasteiger partial charge in [0.05, 0.1) is 48.6 Å². The number of carbonyl (C=O) groups excluding carboxylic acids is 2. The minimum absolute atomic E-state index is 0. The third-order valence-corrected chi connectivity index (χ3v) is 9.98. The molecule has 5 aromatic rings. The molecule has 1 aliphatic rings. The Morgan fingerprint density at radius 2 is 1.31 bits per heavy atom. The topological polar surface area (TPSA) is 313 Å². The van der Waals surface area contributed by atoms with Crippen LogP contribution in [-0.2, 0) is 30.4 Å². The van der Waals surface area contributed by atoms with Crippen molar-refractivity contribution in [2.45, 2.75) is 14.7 Å². The Morgan fingerprint density at radius 1 is 0.704 bits per heavy atom. The van der Waals surface area contributed by atoms with Crippen LogP contribution in [0.1, 0.15) is 31.8 Å². The fraction of sp³-hybridized carbons (Fsp3) is 0. The van der Waals surface area contributed by atoms with E-state index in [0.29, 0.717) is 0 Å². The number of hydrogen-bond donors (Lipinski definition) is 4. The number of nitrogen functional groups attached to an aromatic ring is 1. The van der Waals surface area contributed by atoms with Crippen molar-refractivity contribution in [3.8, 4) is 0 Å². The van der Waals surface area contributed by atoms with E-state index in [2.05, 4.69) is 30.3 Å². The van der Waals surface area contributed by atoms with Crippen molar-refractivity contribution in [2.24, 2.45) is 9.98 Å². The van der Waals surface area contributed by atoms with Crippen molar-refractivity contribution < 1.29 is 137 Å². The molecule has 0 bridgehead atoms. The number of benzene rings is 4. The molecule has 6 rings (SSSR count). The Kier molecular flexibility index (Phi) is 14.7. The van der Waals surface area contributed by atoms with Crippen LogP contribution in [0.2, 0.25) is 5.28 Å². The zero-order chi connectivity index (χ0) is 37.0. The van der Waals surface area contributed by atoms with Gasteiger partial charge >= 0.3 is 88.7 Å². The molecule has 0 atom stereocenters. The number of fused-ring (bicyclic) bond motifs is 2. The van der Waals surface area contributed by atoms with Crippen LogP contribution in [0, 0.1) is 0 Å². The van der Waals surface area contributed by atoms with Crippen molar-refractivity contribution in [1.29, 1.82) is 0 Å². The monoisotopic (exact) mass is 839 g/mol. The van der Waals surface area contributed by atoms with Gasteiger partial charge in [-0.15, -0.1) is 0 Å². The summed E-state index contributed by atoms with van der Waals surface area (Å²) < 4.78 is 107. The van der Waals surface area contributed by atoms with E-state index in [9.17, 15) is 48.5 Å². The molecular weight excluding hydrogens is 823 g/mol. The van der Waals surface area contributed by atoms with Gasteiger partial charge in [-0.2, -0.15) is 4.98 Å². The standard InChI is InChI=1S/C29H20ClN7O11S3.3Na/c30-27-35-28(33-13-4-3-5-15(10-13)49(40,41)42)37-29(36-27)34-18-11-14(8-9-20(18)50(43,44)45)32-19-12-21(51(46,47)48)24(31)23-22(19)25(38)16-6-1-2-7-17(16)26(23)39;;;/h1-12,32H,31H2,(H,40,41,42)(H,43,44,45)(H,46,47,48)(H2,33,34,35,36,37);;;/q;3*+1/p-3. The van der Waals surface area contributed by atoms with Crippen LogP contribution in [0.25, 0.3) is 0 Å². The van der Waals surface area contributed by atoms with Gasteiger partial charge in [0.2, 0.25) is 16.5 Å². The van der Waals surface area contributed by atoms with E-state index in [1.54, 1.807) is 0 Å². The summed E-state index contributed by atoms with van der Waals surface area (Å²) in [6, 6.07) is 13.9. The maximum absolute atomic E-state index is 13.6. The van der Waals surface area contributed by atoms with Crippen molar-refractivity contribution in [3.63, 3.8) is 0 Å². The smallest absolute Gasteiger partial charge is 0.744 e. The van der Waals surface area contributed by atoms with Crippen LogP contribution in [0.4, 0.5) is 28.4 Å². The van der Waals surface area contributed by atoms with Crippen molar-refractivity contribution in [3.05, 3.63) is 112 Å². The summed E-state index contributed by atoms with van der Waals surface area (Å²) in [4.78, 5) is 41.7. The van der Waals surface area contributed by atoms with Gasteiger partial charge in [-0.25, -0.2) is 35.2 Å². The number of anilines is 3. The molecule has 1 heterocycles. The zero-order valence-corrected chi connectivity index (χ0v) is 37.1. The average Bonchev–Trinajstić information content (AvgIpc) is 3.02. The quantitative estimate of drug-likeness (QED) is 0.0660. The molecule has 25 heteroatoms. The van der Waals surface area contributed by atoms with Gasteiger partial charge in [-0.1, -0.05) is 30.3 Å². The van der Waals surface area contributed by atoms with Crippen LogP contribution in [0.3, 0.4) is 0 Å². The van der Waals surface area contributed by atoms with Crippen molar-refractivity contribution in [2.75, 3.05) is 11.1 Å². The van der Waals surface area contributed by atoms with Gasteiger partial charge in [0.25, 0.3) is 0 Å². The van der Waals surface area contributed by atoms with Crippen molar-refractivity contribution >= 4 is 82.0 Å². The molecule has 0 saturated heterocycles. The minimum Gasteiger partial charge on any atom is -0.744 e. The second-order valence-corrected chi connectivity index (χ2v) is 14.9. The zero-order valence-electron chi connectivity index (χ0n) is 27.9. The number of nitrogens with one attached hydrogen (secondary N) is 3. The second-order valence-electron chi connectivity index (χ2n) is 10.5. The largest absolute Gasteiger partial charge is 1.00 e. The summed E-state index contributed by atoms with van der Waals surface area (Å²) in [5.41, 5.74) is 2.39. The third-order valence-electron chi connectivity index (χ3n) is 7.21. The Bertz CT molecular complexity index is 2850. The van der Waals surface area contributed by atoms with Crippen LogP contribution >= 0.6 is 11.6 Å².